The molecule has 3 aromatic rings. The summed E-state index contributed by atoms with van der Waals surface area (Å²) >= 11 is 0. The van der Waals surface area contributed by atoms with Crippen molar-refractivity contribution < 1.29 is 0 Å². The van der Waals surface area contributed by atoms with Crippen LogP contribution in [-0.4, -0.2) is 43.1 Å². The minimum atomic E-state index is -0.0444. The Bertz CT molecular complexity index is 1020. The van der Waals surface area contributed by atoms with Crippen molar-refractivity contribution in [1.29, 1.82) is 0 Å². The SMILES string of the molecule is Cc1cc(C)n2c(CN[C@@H]3CCCN(c4nccn(C)c4=O)C3)cnc2n1. The summed E-state index contributed by atoms with van der Waals surface area (Å²) in [6, 6.07) is 2.37. The van der Waals surface area contributed by atoms with Crippen molar-refractivity contribution in [2.45, 2.75) is 39.3 Å². The van der Waals surface area contributed by atoms with E-state index in [4.69, 9.17) is 0 Å². The Balaban J connectivity index is 1.48. The van der Waals surface area contributed by atoms with Crippen molar-refractivity contribution in [3.8, 4) is 0 Å². The van der Waals surface area contributed by atoms with E-state index in [1.165, 1.54) is 0 Å². The predicted molar refractivity (Wildman–Crippen MR) is 104 cm³/mol. The zero-order valence-electron chi connectivity index (χ0n) is 16.0. The maximum absolute atomic E-state index is 12.4. The molecule has 4 heterocycles. The van der Waals surface area contributed by atoms with Gasteiger partial charge in [-0.15, -0.1) is 0 Å². The molecule has 0 spiro atoms. The standard InChI is InChI=1S/C19H25N7O/c1-13-9-14(2)26-16(11-22-19(26)23-13)10-21-15-5-4-7-25(12-15)17-18(27)24(3)8-6-20-17/h6,8-9,11,15,21H,4-5,7,10,12H2,1-3H3/t15-/m1/s1. The summed E-state index contributed by atoms with van der Waals surface area (Å²) in [6.45, 7) is 6.41. The summed E-state index contributed by atoms with van der Waals surface area (Å²) < 4.78 is 3.67. The highest BCUT2D eigenvalue weighted by Crippen LogP contribution is 2.16. The third-order valence-corrected chi connectivity index (χ3v) is 5.15. The van der Waals surface area contributed by atoms with Crippen molar-refractivity contribution in [2.75, 3.05) is 18.0 Å². The fourth-order valence-corrected chi connectivity index (χ4v) is 3.81. The summed E-state index contributed by atoms with van der Waals surface area (Å²) in [5, 5.41) is 3.62. The molecule has 8 heteroatoms. The van der Waals surface area contributed by atoms with Gasteiger partial charge in [-0.05, 0) is 32.8 Å². The van der Waals surface area contributed by atoms with Gasteiger partial charge in [0.05, 0.1) is 11.9 Å². The third kappa shape index (κ3) is 3.44. The lowest BCUT2D eigenvalue weighted by Crippen LogP contribution is -2.47. The van der Waals surface area contributed by atoms with Gasteiger partial charge in [0.25, 0.3) is 5.56 Å². The number of nitrogens with one attached hydrogen (secondary N) is 1. The molecule has 0 bridgehead atoms. The zero-order chi connectivity index (χ0) is 19.0. The lowest BCUT2D eigenvalue weighted by atomic mass is 10.1. The van der Waals surface area contributed by atoms with Gasteiger partial charge >= 0.3 is 0 Å². The van der Waals surface area contributed by atoms with Gasteiger partial charge in [-0.3, -0.25) is 9.20 Å². The molecular weight excluding hydrogens is 342 g/mol. The molecule has 1 saturated heterocycles. The molecule has 0 unspecified atom stereocenters. The Morgan fingerprint density at radius 3 is 3.00 bits per heavy atom. The summed E-state index contributed by atoms with van der Waals surface area (Å²) in [7, 11) is 1.76. The normalized spacial score (nSPS) is 17.6. The fraction of sp³-hybridized carbons (Fsp3) is 0.474. The monoisotopic (exact) mass is 367 g/mol. The maximum atomic E-state index is 12.4. The molecule has 0 radical (unpaired) electrons. The topological polar surface area (TPSA) is 80.4 Å². The van der Waals surface area contributed by atoms with Gasteiger partial charge in [-0.1, -0.05) is 0 Å². The number of aryl methyl sites for hydroxylation is 3. The lowest BCUT2D eigenvalue weighted by molar-refractivity contribution is 0.416. The third-order valence-electron chi connectivity index (χ3n) is 5.15. The molecule has 1 fully saturated rings. The van der Waals surface area contributed by atoms with Crippen molar-refractivity contribution in [1.82, 2.24) is 29.2 Å². The first-order valence-electron chi connectivity index (χ1n) is 9.33. The Labute approximate surface area is 157 Å². The minimum Gasteiger partial charge on any atom is -0.350 e. The second kappa shape index (κ2) is 7.11. The van der Waals surface area contributed by atoms with Crippen LogP contribution < -0.4 is 15.8 Å². The van der Waals surface area contributed by atoms with E-state index in [0.717, 1.165) is 48.8 Å². The van der Waals surface area contributed by atoms with Gasteiger partial charge in [0, 0.05) is 56.5 Å². The summed E-state index contributed by atoms with van der Waals surface area (Å²) in [6.07, 6.45) is 7.37. The van der Waals surface area contributed by atoms with Crippen LogP contribution in [-0.2, 0) is 13.6 Å². The molecule has 3 aromatic heterocycles. The average Bonchev–Trinajstić information content (AvgIpc) is 3.05. The van der Waals surface area contributed by atoms with E-state index < -0.39 is 0 Å². The molecule has 0 aromatic carbocycles. The second-order valence-electron chi connectivity index (χ2n) is 7.26. The lowest BCUT2D eigenvalue weighted by Gasteiger charge is -2.33. The van der Waals surface area contributed by atoms with Crippen molar-refractivity contribution in [3.63, 3.8) is 0 Å². The number of nitrogens with zero attached hydrogens (tertiary/aromatic N) is 6. The quantitative estimate of drug-likeness (QED) is 0.746. The number of hydrogen-bond donors (Lipinski definition) is 1. The molecule has 1 aliphatic heterocycles. The van der Waals surface area contributed by atoms with Gasteiger partial charge in [0.2, 0.25) is 5.78 Å². The van der Waals surface area contributed by atoms with Gasteiger partial charge < -0.3 is 14.8 Å². The van der Waals surface area contributed by atoms with Crippen LogP contribution in [0.4, 0.5) is 5.82 Å². The highest BCUT2D eigenvalue weighted by Gasteiger charge is 2.23. The van der Waals surface area contributed by atoms with Crippen molar-refractivity contribution in [2.24, 2.45) is 7.05 Å². The van der Waals surface area contributed by atoms with E-state index in [-0.39, 0.29) is 5.56 Å². The second-order valence-corrected chi connectivity index (χ2v) is 7.26. The first kappa shape index (κ1) is 17.7. The number of piperidine rings is 1. The molecule has 1 aliphatic rings. The Morgan fingerprint density at radius 1 is 1.30 bits per heavy atom. The van der Waals surface area contributed by atoms with Crippen LogP contribution in [0.2, 0.25) is 0 Å². The molecule has 0 amide bonds. The van der Waals surface area contributed by atoms with Gasteiger partial charge in [0.15, 0.2) is 5.82 Å². The Hall–Kier alpha value is -2.74. The highest BCUT2D eigenvalue weighted by atomic mass is 16.1. The first-order valence-corrected chi connectivity index (χ1v) is 9.33. The fourth-order valence-electron chi connectivity index (χ4n) is 3.81. The van der Waals surface area contributed by atoms with Crippen LogP contribution in [0, 0.1) is 13.8 Å². The van der Waals surface area contributed by atoms with E-state index in [1.807, 2.05) is 13.1 Å². The van der Waals surface area contributed by atoms with E-state index in [9.17, 15) is 4.79 Å². The van der Waals surface area contributed by atoms with Crippen molar-refractivity contribution in [3.05, 3.63) is 52.1 Å². The van der Waals surface area contributed by atoms with Crippen LogP contribution in [0.15, 0.2) is 29.5 Å². The summed E-state index contributed by atoms with van der Waals surface area (Å²) in [5.41, 5.74) is 3.16. The maximum Gasteiger partial charge on any atom is 0.293 e. The highest BCUT2D eigenvalue weighted by molar-refractivity contribution is 5.37. The molecule has 27 heavy (non-hydrogen) atoms. The largest absolute Gasteiger partial charge is 0.350 e. The molecule has 1 atom stereocenters. The van der Waals surface area contributed by atoms with Gasteiger partial charge in [0.1, 0.15) is 0 Å². The van der Waals surface area contributed by atoms with E-state index in [2.05, 4.69) is 42.6 Å². The van der Waals surface area contributed by atoms with Crippen molar-refractivity contribution >= 4 is 11.6 Å². The summed E-state index contributed by atoms with van der Waals surface area (Å²) in [4.78, 5) is 27.7. The zero-order valence-corrected chi connectivity index (χ0v) is 16.0. The van der Waals surface area contributed by atoms with Gasteiger partial charge in [-0.25, -0.2) is 15.0 Å². The smallest absolute Gasteiger partial charge is 0.293 e. The van der Waals surface area contributed by atoms with Crippen LogP contribution in [0.5, 0.6) is 0 Å². The number of anilines is 1. The van der Waals surface area contributed by atoms with Crippen LogP contribution in [0.3, 0.4) is 0 Å². The van der Waals surface area contributed by atoms with E-state index in [1.54, 1.807) is 24.0 Å². The number of aromatic nitrogens is 5. The predicted octanol–water partition coefficient (Wildman–Crippen LogP) is 1.20. The number of hydrogen-bond acceptors (Lipinski definition) is 6. The number of rotatable bonds is 4. The number of fused-ring (bicyclic) bond motifs is 1. The minimum absolute atomic E-state index is 0.0444. The molecule has 0 saturated carbocycles. The Morgan fingerprint density at radius 2 is 2.15 bits per heavy atom. The average molecular weight is 367 g/mol. The molecule has 0 aliphatic carbocycles. The molecular formula is C19H25N7O. The van der Waals surface area contributed by atoms with Crippen LogP contribution in [0.1, 0.15) is 29.9 Å². The molecule has 8 nitrogen and oxygen atoms in total. The van der Waals surface area contributed by atoms with E-state index in [0.29, 0.717) is 18.4 Å². The van der Waals surface area contributed by atoms with Gasteiger partial charge in [-0.2, -0.15) is 0 Å². The Kier molecular flexibility index (Phi) is 4.65. The van der Waals surface area contributed by atoms with E-state index >= 15 is 0 Å². The molecule has 1 N–H and O–H groups in total. The van der Waals surface area contributed by atoms with Crippen LogP contribution in [0.25, 0.3) is 5.78 Å². The first-order chi connectivity index (χ1) is 13.0. The summed E-state index contributed by atoms with van der Waals surface area (Å²) in [5.74, 6) is 1.28. The molecule has 4 rings (SSSR count). The number of imidazole rings is 1. The molecule has 142 valence electrons. The van der Waals surface area contributed by atoms with Crippen LogP contribution >= 0.6 is 0 Å².